The quantitative estimate of drug-likeness (QED) is 0.728. The first kappa shape index (κ1) is 12.9. The van der Waals surface area contributed by atoms with E-state index < -0.39 is 0 Å². The lowest BCUT2D eigenvalue weighted by Crippen LogP contribution is -2.34. The van der Waals surface area contributed by atoms with Gasteiger partial charge in [0.2, 0.25) is 0 Å². The second kappa shape index (κ2) is 5.38. The summed E-state index contributed by atoms with van der Waals surface area (Å²) in [6.45, 7) is 4.78. The second-order valence-electron chi connectivity index (χ2n) is 4.84. The van der Waals surface area contributed by atoms with Gasteiger partial charge in [-0.25, -0.2) is 0 Å². The van der Waals surface area contributed by atoms with Gasteiger partial charge in [-0.05, 0) is 12.3 Å². The zero-order valence-corrected chi connectivity index (χ0v) is 10.9. The van der Waals surface area contributed by atoms with Crippen LogP contribution in [-0.2, 0) is 0 Å². The normalized spacial score (nSPS) is 16.2. The molecule has 18 heavy (non-hydrogen) atoms. The molecule has 1 aromatic rings. The summed E-state index contributed by atoms with van der Waals surface area (Å²) < 4.78 is 4.90. The minimum Gasteiger partial charge on any atom is -0.471 e. The number of unbranched alkanes of at least 4 members (excludes halogenated alkanes) is 1. The molecule has 4 heteroatoms. The highest BCUT2D eigenvalue weighted by Gasteiger charge is 2.37. The summed E-state index contributed by atoms with van der Waals surface area (Å²) in [6.07, 6.45) is 7.07. The minimum atomic E-state index is -0.210. The first-order valence-electron chi connectivity index (χ1n) is 6.61. The Bertz CT molecular complexity index is 419. The van der Waals surface area contributed by atoms with Crippen LogP contribution < -0.4 is 0 Å². The van der Waals surface area contributed by atoms with Crippen molar-refractivity contribution in [3.63, 3.8) is 0 Å². The Labute approximate surface area is 107 Å². The third-order valence-electron chi connectivity index (χ3n) is 3.60. The molecule has 0 fully saturated rings. The Morgan fingerprint density at radius 3 is 2.28 bits per heavy atom. The lowest BCUT2D eigenvalue weighted by molar-refractivity contribution is 0.0621. The number of nitrogens with zero attached hydrogens (tertiary/aromatic N) is 1. The first-order chi connectivity index (χ1) is 8.69. The fourth-order valence-electron chi connectivity index (χ4n) is 2.35. The molecular weight excluding hydrogens is 230 g/mol. The highest BCUT2D eigenvalue weighted by atomic mass is 16.3. The molecule has 2 amide bonds. The maximum atomic E-state index is 12.0. The van der Waals surface area contributed by atoms with Crippen LogP contribution in [0.5, 0.6) is 0 Å². The summed E-state index contributed by atoms with van der Waals surface area (Å²) in [6, 6.07) is 0. The monoisotopic (exact) mass is 249 g/mol. The summed E-state index contributed by atoms with van der Waals surface area (Å²) in [5.41, 5.74) is 0.815. The van der Waals surface area contributed by atoms with E-state index in [9.17, 15) is 9.59 Å². The molecule has 1 unspecified atom stereocenters. The molecule has 98 valence electrons. The van der Waals surface area contributed by atoms with Gasteiger partial charge >= 0.3 is 0 Å². The first-order valence-corrected chi connectivity index (χ1v) is 6.61. The van der Waals surface area contributed by atoms with Gasteiger partial charge in [0.1, 0.15) is 12.5 Å². The van der Waals surface area contributed by atoms with Gasteiger partial charge in [-0.3, -0.25) is 14.5 Å². The molecule has 4 nitrogen and oxygen atoms in total. The molecule has 0 N–H and O–H groups in total. The Morgan fingerprint density at radius 1 is 1.17 bits per heavy atom. The van der Waals surface area contributed by atoms with Crippen molar-refractivity contribution in [3.8, 4) is 0 Å². The van der Waals surface area contributed by atoms with Gasteiger partial charge in [0, 0.05) is 6.54 Å². The molecule has 0 aliphatic carbocycles. The molecule has 0 bridgehead atoms. The molecule has 0 radical (unpaired) electrons. The van der Waals surface area contributed by atoms with Crippen molar-refractivity contribution < 1.29 is 14.0 Å². The number of imide groups is 1. The molecule has 0 saturated carbocycles. The minimum absolute atomic E-state index is 0.210. The Morgan fingerprint density at radius 2 is 1.78 bits per heavy atom. The number of carbonyl (C=O) groups excluding carboxylic acids is 2. The van der Waals surface area contributed by atoms with E-state index in [1.807, 2.05) is 0 Å². The Kier molecular flexibility index (Phi) is 3.84. The van der Waals surface area contributed by atoms with E-state index in [1.54, 1.807) is 0 Å². The van der Waals surface area contributed by atoms with Crippen molar-refractivity contribution in [2.75, 3.05) is 6.54 Å². The average Bonchev–Trinajstić information content (AvgIpc) is 2.93. The largest absolute Gasteiger partial charge is 0.471 e. The molecule has 1 atom stereocenters. The molecule has 0 spiro atoms. The van der Waals surface area contributed by atoms with Crippen molar-refractivity contribution in [2.24, 2.45) is 5.92 Å². The molecule has 2 heterocycles. The van der Waals surface area contributed by atoms with Crippen LogP contribution in [0.2, 0.25) is 0 Å². The molecule has 2 rings (SSSR count). The molecule has 1 aromatic heterocycles. The van der Waals surface area contributed by atoms with Crippen LogP contribution in [0.15, 0.2) is 16.9 Å². The Hall–Kier alpha value is -1.58. The van der Waals surface area contributed by atoms with Gasteiger partial charge in [0.25, 0.3) is 11.8 Å². The second-order valence-corrected chi connectivity index (χ2v) is 4.84. The van der Waals surface area contributed by atoms with Crippen molar-refractivity contribution in [3.05, 3.63) is 23.7 Å². The fourth-order valence-corrected chi connectivity index (χ4v) is 2.35. The van der Waals surface area contributed by atoms with Gasteiger partial charge in [-0.2, -0.15) is 0 Å². The topological polar surface area (TPSA) is 50.5 Å². The third-order valence-corrected chi connectivity index (χ3v) is 3.60. The number of furan rings is 1. The molecule has 0 aromatic carbocycles. The SMILES string of the molecule is CCCCC(CC)CN1C(=O)c2cocc2C1=O. The zero-order chi connectivity index (χ0) is 13.1. The summed E-state index contributed by atoms with van der Waals surface area (Å²) in [7, 11) is 0. The molecule has 1 aliphatic rings. The number of rotatable bonds is 6. The van der Waals surface area contributed by atoms with E-state index in [0.29, 0.717) is 23.6 Å². The smallest absolute Gasteiger partial charge is 0.264 e. The number of carbonyl (C=O) groups is 2. The highest BCUT2D eigenvalue weighted by molar-refractivity contribution is 6.21. The van der Waals surface area contributed by atoms with Crippen LogP contribution in [0, 0.1) is 5.92 Å². The van der Waals surface area contributed by atoms with E-state index in [-0.39, 0.29) is 11.8 Å². The van der Waals surface area contributed by atoms with E-state index in [0.717, 1.165) is 25.7 Å². The lowest BCUT2D eigenvalue weighted by Gasteiger charge is -2.21. The Balaban J connectivity index is 2.05. The average molecular weight is 249 g/mol. The summed E-state index contributed by atoms with van der Waals surface area (Å²) in [4.78, 5) is 25.4. The molecular formula is C14H19NO3. The van der Waals surface area contributed by atoms with Crippen LogP contribution in [-0.4, -0.2) is 23.3 Å². The fraction of sp³-hybridized carbons (Fsp3) is 0.571. The summed E-state index contributed by atoms with van der Waals surface area (Å²) in [5, 5.41) is 0. The van der Waals surface area contributed by atoms with Gasteiger partial charge < -0.3 is 4.42 Å². The van der Waals surface area contributed by atoms with Crippen LogP contribution in [0.3, 0.4) is 0 Å². The maximum absolute atomic E-state index is 12.0. The van der Waals surface area contributed by atoms with E-state index in [4.69, 9.17) is 4.42 Å². The van der Waals surface area contributed by atoms with Crippen molar-refractivity contribution in [1.29, 1.82) is 0 Å². The van der Waals surface area contributed by atoms with Crippen molar-refractivity contribution in [2.45, 2.75) is 39.5 Å². The van der Waals surface area contributed by atoms with E-state index in [1.165, 1.54) is 17.4 Å². The predicted molar refractivity (Wildman–Crippen MR) is 67.4 cm³/mol. The lowest BCUT2D eigenvalue weighted by atomic mass is 9.99. The van der Waals surface area contributed by atoms with E-state index in [2.05, 4.69) is 13.8 Å². The third kappa shape index (κ3) is 2.19. The summed E-state index contributed by atoms with van der Waals surface area (Å²) in [5.74, 6) is -0.0174. The van der Waals surface area contributed by atoms with E-state index >= 15 is 0 Å². The predicted octanol–water partition coefficient (Wildman–Crippen LogP) is 3.09. The molecule has 0 saturated heterocycles. The van der Waals surface area contributed by atoms with Crippen molar-refractivity contribution >= 4 is 11.8 Å². The standard InChI is InChI=1S/C14H19NO3/c1-3-5-6-10(4-2)7-15-13(16)11-8-18-9-12(11)14(15)17/h8-10H,3-7H2,1-2H3. The van der Waals surface area contributed by atoms with Crippen LogP contribution in [0.25, 0.3) is 0 Å². The highest BCUT2D eigenvalue weighted by Crippen LogP contribution is 2.26. The number of hydrogen-bond acceptors (Lipinski definition) is 3. The number of fused-ring (bicyclic) bond motifs is 1. The van der Waals surface area contributed by atoms with Crippen molar-refractivity contribution in [1.82, 2.24) is 4.90 Å². The van der Waals surface area contributed by atoms with Crippen LogP contribution >= 0.6 is 0 Å². The van der Waals surface area contributed by atoms with Gasteiger partial charge in [-0.1, -0.05) is 33.1 Å². The zero-order valence-electron chi connectivity index (χ0n) is 10.9. The van der Waals surface area contributed by atoms with Gasteiger partial charge in [-0.15, -0.1) is 0 Å². The summed E-state index contributed by atoms with van der Waals surface area (Å²) >= 11 is 0. The van der Waals surface area contributed by atoms with Crippen LogP contribution in [0.4, 0.5) is 0 Å². The maximum Gasteiger partial charge on any atom is 0.264 e. The van der Waals surface area contributed by atoms with Crippen LogP contribution in [0.1, 0.15) is 60.2 Å². The number of hydrogen-bond donors (Lipinski definition) is 0. The van der Waals surface area contributed by atoms with Gasteiger partial charge in [0.05, 0.1) is 11.1 Å². The van der Waals surface area contributed by atoms with Gasteiger partial charge in [0.15, 0.2) is 0 Å². The number of amides is 2. The molecule has 1 aliphatic heterocycles.